The van der Waals surface area contributed by atoms with Gasteiger partial charge in [-0.05, 0) is 54.6 Å². The van der Waals surface area contributed by atoms with Gasteiger partial charge in [0.05, 0.1) is 5.75 Å². The third-order valence-corrected chi connectivity index (χ3v) is 7.53. The standard InChI is InChI=1S/C15H21NO3S/c1-14(2)12-6-8-15(14,9-7-12)11-20(17,18)13-5-3-4-10-19-16-13/h3-5,10,12H,6-9,11H2,1-2H3. The molecule has 0 amide bonds. The van der Waals surface area contributed by atoms with E-state index < -0.39 is 9.84 Å². The van der Waals surface area contributed by atoms with E-state index in [0.717, 1.165) is 25.7 Å². The predicted octanol–water partition coefficient (Wildman–Crippen LogP) is 3.03. The quantitative estimate of drug-likeness (QED) is 0.787. The van der Waals surface area contributed by atoms with Crippen LogP contribution in [-0.2, 0) is 14.7 Å². The number of oxime groups is 1. The van der Waals surface area contributed by atoms with Gasteiger partial charge >= 0.3 is 0 Å². The normalized spacial score (nSPS) is 34.7. The Morgan fingerprint density at radius 2 is 2.00 bits per heavy atom. The summed E-state index contributed by atoms with van der Waals surface area (Å²) in [5, 5.41) is 3.76. The molecule has 2 aliphatic carbocycles. The summed E-state index contributed by atoms with van der Waals surface area (Å²) >= 11 is 0. The second kappa shape index (κ2) is 4.45. The molecule has 5 heteroatoms. The fourth-order valence-corrected chi connectivity index (χ4v) is 6.21. The van der Waals surface area contributed by atoms with E-state index in [-0.39, 0.29) is 21.6 Å². The maximum atomic E-state index is 12.7. The highest BCUT2D eigenvalue weighted by Gasteiger charge is 2.60. The topological polar surface area (TPSA) is 55.7 Å². The summed E-state index contributed by atoms with van der Waals surface area (Å²) in [7, 11) is -3.41. The van der Waals surface area contributed by atoms with E-state index in [0.29, 0.717) is 5.92 Å². The van der Waals surface area contributed by atoms with E-state index >= 15 is 0 Å². The number of sulfone groups is 1. The molecule has 0 N–H and O–H groups in total. The van der Waals surface area contributed by atoms with Crippen molar-refractivity contribution in [3.05, 3.63) is 24.5 Å². The van der Waals surface area contributed by atoms with Gasteiger partial charge in [-0.25, -0.2) is 8.42 Å². The highest BCUT2D eigenvalue weighted by atomic mass is 32.2. The van der Waals surface area contributed by atoms with Crippen LogP contribution in [0.25, 0.3) is 0 Å². The first-order valence-electron chi connectivity index (χ1n) is 7.17. The molecular formula is C15H21NO3S. The molecule has 0 unspecified atom stereocenters. The van der Waals surface area contributed by atoms with Crippen molar-refractivity contribution in [2.24, 2.45) is 21.9 Å². The van der Waals surface area contributed by atoms with E-state index in [4.69, 9.17) is 4.84 Å². The molecule has 20 heavy (non-hydrogen) atoms. The molecule has 3 rings (SSSR count). The second-order valence-corrected chi connectivity index (χ2v) is 8.69. The summed E-state index contributed by atoms with van der Waals surface area (Å²) in [6.45, 7) is 4.46. The lowest BCUT2D eigenvalue weighted by Gasteiger charge is -2.37. The minimum Gasteiger partial charge on any atom is -0.364 e. The molecule has 1 aliphatic heterocycles. The molecule has 3 aliphatic rings. The minimum atomic E-state index is -3.41. The molecule has 0 radical (unpaired) electrons. The van der Waals surface area contributed by atoms with E-state index in [9.17, 15) is 8.42 Å². The molecule has 0 aromatic heterocycles. The van der Waals surface area contributed by atoms with E-state index in [1.54, 1.807) is 12.2 Å². The minimum absolute atomic E-state index is 0.0445. The fourth-order valence-electron chi connectivity index (χ4n) is 4.23. The smallest absolute Gasteiger partial charge is 0.199 e. The maximum absolute atomic E-state index is 12.7. The van der Waals surface area contributed by atoms with Crippen LogP contribution in [0.5, 0.6) is 0 Å². The number of allylic oxidation sites excluding steroid dienone is 2. The summed E-state index contributed by atoms with van der Waals surface area (Å²) in [5.41, 5.74) is 0.0147. The van der Waals surface area contributed by atoms with Gasteiger partial charge in [0.25, 0.3) is 0 Å². The summed E-state index contributed by atoms with van der Waals surface area (Å²) in [4.78, 5) is 4.85. The van der Waals surface area contributed by atoms with E-state index in [2.05, 4.69) is 19.0 Å². The van der Waals surface area contributed by atoms with Gasteiger partial charge in [-0.15, -0.1) is 0 Å². The number of rotatable bonds is 2. The van der Waals surface area contributed by atoms with Crippen molar-refractivity contribution in [1.29, 1.82) is 0 Å². The van der Waals surface area contributed by atoms with Gasteiger partial charge in [-0.3, -0.25) is 0 Å². The first kappa shape index (κ1) is 13.9. The average Bonchev–Trinajstić information content (AvgIpc) is 2.68. The number of hydrogen-bond donors (Lipinski definition) is 0. The highest BCUT2D eigenvalue weighted by Crippen LogP contribution is 2.66. The Hall–Kier alpha value is -1.10. The molecular weight excluding hydrogens is 274 g/mol. The molecule has 1 heterocycles. The lowest BCUT2D eigenvalue weighted by atomic mass is 9.71. The Kier molecular flexibility index (Phi) is 3.08. The van der Waals surface area contributed by atoms with Crippen molar-refractivity contribution < 1.29 is 13.3 Å². The number of nitrogens with zero attached hydrogens (tertiary/aromatic N) is 1. The lowest BCUT2D eigenvalue weighted by Crippen LogP contribution is -2.38. The zero-order chi connectivity index (χ0) is 14.4. The van der Waals surface area contributed by atoms with Crippen molar-refractivity contribution in [1.82, 2.24) is 0 Å². The molecule has 2 fully saturated rings. The lowest BCUT2D eigenvalue weighted by molar-refractivity contribution is 0.156. The van der Waals surface area contributed by atoms with Gasteiger partial charge in [0, 0.05) is 0 Å². The van der Waals surface area contributed by atoms with Gasteiger partial charge in [-0.2, -0.15) is 0 Å². The fraction of sp³-hybridized carbons (Fsp3) is 0.667. The van der Waals surface area contributed by atoms with Gasteiger partial charge < -0.3 is 4.84 Å². The molecule has 0 aromatic carbocycles. The Morgan fingerprint density at radius 3 is 2.60 bits per heavy atom. The van der Waals surface area contributed by atoms with Crippen LogP contribution in [0.3, 0.4) is 0 Å². The van der Waals surface area contributed by atoms with Crippen LogP contribution < -0.4 is 0 Å². The van der Waals surface area contributed by atoms with Crippen LogP contribution in [0, 0.1) is 16.7 Å². The molecule has 110 valence electrons. The molecule has 4 nitrogen and oxygen atoms in total. The Labute approximate surface area is 120 Å². The molecule has 2 bridgehead atoms. The monoisotopic (exact) mass is 295 g/mol. The van der Waals surface area contributed by atoms with E-state index in [1.165, 1.54) is 12.3 Å². The van der Waals surface area contributed by atoms with E-state index in [1.807, 2.05) is 0 Å². The zero-order valence-electron chi connectivity index (χ0n) is 12.0. The Balaban J connectivity index is 1.89. The third kappa shape index (κ3) is 1.94. The maximum Gasteiger partial charge on any atom is 0.199 e. The molecule has 0 saturated heterocycles. The molecule has 0 spiro atoms. The first-order chi connectivity index (χ1) is 9.37. The summed E-state index contributed by atoms with van der Waals surface area (Å²) in [5.74, 6) is 0.859. The van der Waals surface area contributed by atoms with Gasteiger partial charge in [0.2, 0.25) is 0 Å². The van der Waals surface area contributed by atoms with Crippen LogP contribution in [-0.4, -0.2) is 19.2 Å². The molecule has 0 atom stereocenters. The van der Waals surface area contributed by atoms with Crippen LogP contribution >= 0.6 is 0 Å². The third-order valence-electron chi connectivity index (χ3n) is 5.75. The summed E-state index contributed by atoms with van der Waals surface area (Å²) in [6.07, 6.45) is 10.5. The van der Waals surface area contributed by atoms with Crippen molar-refractivity contribution in [3.8, 4) is 0 Å². The van der Waals surface area contributed by atoms with Crippen molar-refractivity contribution in [3.63, 3.8) is 0 Å². The highest BCUT2D eigenvalue weighted by molar-refractivity contribution is 8.06. The largest absolute Gasteiger partial charge is 0.364 e. The van der Waals surface area contributed by atoms with Crippen molar-refractivity contribution in [2.45, 2.75) is 39.5 Å². The van der Waals surface area contributed by atoms with Gasteiger partial charge in [0.15, 0.2) is 14.9 Å². The number of hydrogen-bond acceptors (Lipinski definition) is 4. The molecule has 0 aromatic rings. The summed E-state index contributed by atoms with van der Waals surface area (Å²) in [6, 6.07) is 0. The van der Waals surface area contributed by atoms with Crippen LogP contribution in [0.4, 0.5) is 0 Å². The van der Waals surface area contributed by atoms with Crippen molar-refractivity contribution in [2.75, 3.05) is 5.75 Å². The van der Waals surface area contributed by atoms with Crippen LogP contribution in [0.1, 0.15) is 39.5 Å². The predicted molar refractivity (Wildman–Crippen MR) is 78.8 cm³/mol. The SMILES string of the molecule is CC1(C)C2CCC1(CS(=O)(=O)C1=NOC=CC=C1)CC2. The average molecular weight is 295 g/mol. The Morgan fingerprint density at radius 1 is 1.30 bits per heavy atom. The summed E-state index contributed by atoms with van der Waals surface area (Å²) < 4.78 is 25.3. The van der Waals surface area contributed by atoms with Crippen LogP contribution in [0.2, 0.25) is 0 Å². The zero-order valence-corrected chi connectivity index (χ0v) is 12.8. The van der Waals surface area contributed by atoms with Crippen LogP contribution in [0.15, 0.2) is 29.6 Å². The number of fused-ring (bicyclic) bond motifs is 2. The first-order valence-corrected chi connectivity index (χ1v) is 8.82. The van der Waals surface area contributed by atoms with Gasteiger partial charge in [-0.1, -0.05) is 25.1 Å². The Bertz CT molecular complexity index is 591. The molecule has 2 saturated carbocycles. The second-order valence-electron chi connectivity index (χ2n) is 6.76. The van der Waals surface area contributed by atoms with Gasteiger partial charge in [0.1, 0.15) is 6.26 Å². The van der Waals surface area contributed by atoms with Crippen molar-refractivity contribution >= 4 is 14.9 Å².